The van der Waals surface area contributed by atoms with E-state index in [1.165, 1.54) is 0 Å². The lowest BCUT2D eigenvalue weighted by molar-refractivity contribution is -0.117. The second kappa shape index (κ2) is 6.41. The quantitative estimate of drug-likeness (QED) is 0.893. The molecule has 0 unspecified atom stereocenters. The summed E-state index contributed by atoms with van der Waals surface area (Å²) in [5, 5.41) is 5.27. The molecule has 0 spiro atoms. The van der Waals surface area contributed by atoms with Gasteiger partial charge in [0.1, 0.15) is 11.6 Å². The molecule has 0 saturated heterocycles. The van der Waals surface area contributed by atoms with Crippen LogP contribution in [-0.4, -0.2) is 23.6 Å². The number of aryl methyl sites for hydroxylation is 1. The number of anilines is 1. The summed E-state index contributed by atoms with van der Waals surface area (Å²) in [6.45, 7) is 8.82. The van der Waals surface area contributed by atoms with Crippen LogP contribution in [0.4, 0.5) is 10.5 Å². The molecular formula is C15H22N2O3. The van der Waals surface area contributed by atoms with E-state index in [1.54, 1.807) is 27.7 Å². The SMILES string of the molecule is Cc1ccccc1NC(=O)[C@H](C)NC(=O)OC(C)(C)C. The predicted octanol–water partition coefficient (Wildman–Crippen LogP) is 2.85. The summed E-state index contributed by atoms with van der Waals surface area (Å²) in [4.78, 5) is 23.6. The molecule has 0 aliphatic heterocycles. The zero-order valence-corrected chi connectivity index (χ0v) is 12.6. The fourth-order valence-electron chi connectivity index (χ4n) is 1.50. The number of alkyl carbamates (subject to hydrolysis) is 1. The number of hydrogen-bond acceptors (Lipinski definition) is 3. The van der Waals surface area contributed by atoms with Crippen molar-refractivity contribution in [3.05, 3.63) is 29.8 Å². The average Bonchev–Trinajstić information content (AvgIpc) is 2.29. The summed E-state index contributed by atoms with van der Waals surface area (Å²) in [6, 6.07) is 6.78. The highest BCUT2D eigenvalue weighted by atomic mass is 16.6. The van der Waals surface area contributed by atoms with Crippen LogP contribution in [0, 0.1) is 6.92 Å². The van der Waals surface area contributed by atoms with Gasteiger partial charge in [-0.25, -0.2) is 4.79 Å². The fraction of sp³-hybridized carbons (Fsp3) is 0.467. The number of rotatable bonds is 3. The molecular weight excluding hydrogens is 256 g/mol. The average molecular weight is 278 g/mol. The van der Waals surface area contributed by atoms with E-state index in [1.807, 2.05) is 31.2 Å². The molecule has 0 heterocycles. The molecule has 110 valence electrons. The van der Waals surface area contributed by atoms with Crippen molar-refractivity contribution >= 4 is 17.7 Å². The first kappa shape index (κ1) is 16.0. The van der Waals surface area contributed by atoms with Gasteiger partial charge < -0.3 is 15.4 Å². The lowest BCUT2D eigenvalue weighted by Gasteiger charge is -2.21. The summed E-state index contributed by atoms with van der Waals surface area (Å²) < 4.78 is 5.10. The van der Waals surface area contributed by atoms with Gasteiger partial charge in [-0.2, -0.15) is 0 Å². The Kier molecular flexibility index (Phi) is 5.13. The monoisotopic (exact) mass is 278 g/mol. The van der Waals surface area contributed by atoms with Gasteiger partial charge in [-0.05, 0) is 46.2 Å². The third kappa shape index (κ3) is 5.30. The maximum Gasteiger partial charge on any atom is 0.408 e. The van der Waals surface area contributed by atoms with Crippen LogP contribution in [-0.2, 0) is 9.53 Å². The summed E-state index contributed by atoms with van der Waals surface area (Å²) in [5.41, 5.74) is 1.11. The predicted molar refractivity (Wildman–Crippen MR) is 78.6 cm³/mol. The Morgan fingerprint density at radius 1 is 1.20 bits per heavy atom. The van der Waals surface area contributed by atoms with Crippen LogP contribution in [0.1, 0.15) is 33.3 Å². The maximum atomic E-state index is 12.0. The van der Waals surface area contributed by atoms with Crippen LogP contribution >= 0.6 is 0 Å². The lowest BCUT2D eigenvalue weighted by Crippen LogP contribution is -2.44. The van der Waals surface area contributed by atoms with Gasteiger partial charge in [0.2, 0.25) is 5.91 Å². The third-order valence-electron chi connectivity index (χ3n) is 2.53. The molecule has 1 atom stereocenters. The summed E-state index contributed by atoms with van der Waals surface area (Å²) in [6.07, 6.45) is -0.607. The first-order valence-electron chi connectivity index (χ1n) is 6.55. The molecule has 5 nitrogen and oxygen atoms in total. The topological polar surface area (TPSA) is 67.4 Å². The van der Waals surface area contributed by atoms with Gasteiger partial charge in [-0.1, -0.05) is 18.2 Å². The lowest BCUT2D eigenvalue weighted by atomic mass is 10.2. The van der Waals surface area contributed by atoms with E-state index in [9.17, 15) is 9.59 Å². The van der Waals surface area contributed by atoms with E-state index in [-0.39, 0.29) is 5.91 Å². The van der Waals surface area contributed by atoms with Crippen LogP contribution in [0.25, 0.3) is 0 Å². The largest absolute Gasteiger partial charge is 0.444 e. The van der Waals surface area contributed by atoms with Crippen molar-refractivity contribution in [2.75, 3.05) is 5.32 Å². The zero-order chi connectivity index (χ0) is 15.3. The summed E-state index contributed by atoms with van der Waals surface area (Å²) in [7, 11) is 0. The molecule has 1 aromatic carbocycles. The highest BCUT2D eigenvalue weighted by Gasteiger charge is 2.21. The first-order valence-corrected chi connectivity index (χ1v) is 6.55. The van der Waals surface area contributed by atoms with E-state index >= 15 is 0 Å². The van der Waals surface area contributed by atoms with Crippen molar-refractivity contribution in [3.8, 4) is 0 Å². The number of hydrogen-bond donors (Lipinski definition) is 2. The minimum Gasteiger partial charge on any atom is -0.444 e. The Balaban J connectivity index is 2.56. The van der Waals surface area contributed by atoms with Crippen molar-refractivity contribution < 1.29 is 14.3 Å². The molecule has 1 rings (SSSR count). The Morgan fingerprint density at radius 3 is 2.35 bits per heavy atom. The van der Waals surface area contributed by atoms with Crippen molar-refractivity contribution in [3.63, 3.8) is 0 Å². The van der Waals surface area contributed by atoms with Gasteiger partial charge in [0.15, 0.2) is 0 Å². The van der Waals surface area contributed by atoms with Crippen molar-refractivity contribution in [2.24, 2.45) is 0 Å². The Bertz CT molecular complexity index is 492. The van der Waals surface area contributed by atoms with Crippen LogP contribution in [0.5, 0.6) is 0 Å². The van der Waals surface area contributed by atoms with Crippen molar-refractivity contribution in [1.29, 1.82) is 0 Å². The molecule has 2 amide bonds. The molecule has 0 aliphatic rings. The van der Waals surface area contributed by atoms with Gasteiger partial charge in [0.25, 0.3) is 0 Å². The molecule has 0 aromatic heterocycles. The molecule has 0 saturated carbocycles. The van der Waals surface area contributed by atoms with Gasteiger partial charge in [0, 0.05) is 5.69 Å². The number of ether oxygens (including phenoxy) is 1. The van der Waals surface area contributed by atoms with E-state index in [0.717, 1.165) is 11.3 Å². The highest BCUT2D eigenvalue weighted by molar-refractivity contribution is 5.96. The number of carbonyl (C=O) groups excluding carboxylic acids is 2. The minimum absolute atomic E-state index is 0.287. The second-order valence-electron chi connectivity index (χ2n) is 5.67. The summed E-state index contributed by atoms with van der Waals surface area (Å²) >= 11 is 0. The second-order valence-corrected chi connectivity index (χ2v) is 5.67. The number of para-hydroxylation sites is 1. The molecule has 0 radical (unpaired) electrons. The van der Waals surface area contributed by atoms with E-state index in [2.05, 4.69) is 10.6 Å². The zero-order valence-electron chi connectivity index (χ0n) is 12.6. The Morgan fingerprint density at radius 2 is 1.80 bits per heavy atom. The van der Waals surface area contributed by atoms with Gasteiger partial charge in [0.05, 0.1) is 0 Å². The fourth-order valence-corrected chi connectivity index (χ4v) is 1.50. The first-order chi connectivity index (χ1) is 9.19. The van der Waals surface area contributed by atoms with Crippen molar-refractivity contribution in [2.45, 2.75) is 46.3 Å². The molecule has 0 fully saturated rings. The molecule has 0 aliphatic carbocycles. The molecule has 1 aromatic rings. The molecule has 0 bridgehead atoms. The van der Waals surface area contributed by atoms with Gasteiger partial charge >= 0.3 is 6.09 Å². The third-order valence-corrected chi connectivity index (χ3v) is 2.53. The molecule has 2 N–H and O–H groups in total. The van der Waals surface area contributed by atoms with Gasteiger partial charge in [-0.15, -0.1) is 0 Å². The number of amides is 2. The van der Waals surface area contributed by atoms with E-state index < -0.39 is 17.7 Å². The van der Waals surface area contributed by atoms with Crippen LogP contribution < -0.4 is 10.6 Å². The molecule has 20 heavy (non-hydrogen) atoms. The Labute approximate surface area is 119 Å². The number of nitrogens with one attached hydrogen (secondary N) is 2. The summed E-state index contributed by atoms with van der Waals surface area (Å²) in [5.74, 6) is -0.287. The van der Waals surface area contributed by atoms with Crippen molar-refractivity contribution in [1.82, 2.24) is 5.32 Å². The minimum atomic E-state index is -0.676. The Hall–Kier alpha value is -2.04. The number of carbonyl (C=O) groups is 2. The standard InChI is InChI=1S/C15H22N2O3/c1-10-8-6-7-9-12(10)17-13(18)11(2)16-14(19)20-15(3,4)5/h6-9,11H,1-5H3,(H,16,19)(H,17,18)/t11-/m0/s1. The van der Waals surface area contributed by atoms with Crippen LogP contribution in [0.2, 0.25) is 0 Å². The van der Waals surface area contributed by atoms with Crippen LogP contribution in [0.3, 0.4) is 0 Å². The van der Waals surface area contributed by atoms with E-state index in [0.29, 0.717) is 0 Å². The maximum absolute atomic E-state index is 12.0. The number of benzene rings is 1. The smallest absolute Gasteiger partial charge is 0.408 e. The normalized spacial score (nSPS) is 12.4. The molecule has 5 heteroatoms. The van der Waals surface area contributed by atoms with Gasteiger partial charge in [-0.3, -0.25) is 4.79 Å². The highest BCUT2D eigenvalue weighted by Crippen LogP contribution is 2.13. The van der Waals surface area contributed by atoms with Crippen LogP contribution in [0.15, 0.2) is 24.3 Å². The van der Waals surface area contributed by atoms with E-state index in [4.69, 9.17) is 4.74 Å².